The molecule has 7 nitrogen and oxygen atoms in total. The number of aryl methyl sites for hydroxylation is 1. The highest BCUT2D eigenvalue weighted by Gasteiger charge is 2.25. The van der Waals surface area contributed by atoms with Crippen LogP contribution in [-0.2, 0) is 9.53 Å². The number of aromatic nitrogens is 1. The fourth-order valence-corrected chi connectivity index (χ4v) is 2.40. The lowest BCUT2D eigenvalue weighted by Crippen LogP contribution is -2.18. The molecule has 0 aliphatic rings. The molecule has 0 bridgehead atoms. The number of carbonyl (C=O) groups excluding carboxylic acids is 1. The first-order valence-electron chi connectivity index (χ1n) is 7.08. The minimum atomic E-state index is -0.714. The van der Waals surface area contributed by atoms with E-state index in [0.29, 0.717) is 10.9 Å². The molecule has 0 saturated heterocycles. The van der Waals surface area contributed by atoms with Gasteiger partial charge in [0.1, 0.15) is 6.04 Å². The number of fused-ring (bicyclic) bond motifs is 1. The van der Waals surface area contributed by atoms with Crippen molar-refractivity contribution in [2.45, 2.75) is 26.8 Å². The Hall–Kier alpha value is -2.48. The summed E-state index contributed by atoms with van der Waals surface area (Å²) in [6.07, 6.45) is 0. The maximum absolute atomic E-state index is 12.0. The monoisotopic (exact) mass is 334 g/mol. The highest BCUT2D eigenvalue weighted by atomic mass is 32.1. The van der Waals surface area contributed by atoms with Crippen molar-refractivity contribution in [1.82, 2.24) is 4.57 Å². The Balaban J connectivity index is 2.68. The second-order valence-electron chi connectivity index (χ2n) is 5.03. The zero-order chi connectivity index (χ0) is 17.1. The van der Waals surface area contributed by atoms with E-state index in [-0.39, 0.29) is 23.3 Å². The van der Waals surface area contributed by atoms with Crippen molar-refractivity contribution in [3.8, 4) is 5.88 Å². The van der Waals surface area contributed by atoms with Crippen LogP contribution in [-0.4, -0.2) is 27.4 Å². The molecule has 0 amide bonds. The van der Waals surface area contributed by atoms with Crippen molar-refractivity contribution in [1.29, 1.82) is 0 Å². The minimum Gasteiger partial charge on any atom is -0.493 e. The standard InChI is InChI=1S/C15H18N4O3S/c1-4-22-14(21)9(3)19-11-6-5-8(2)7-10(11)12(13(19)20)17-18-15(16)23/h5-7,9,20H,4H2,1-3H3,(H2,16,23). The number of hydrogen-bond acceptors (Lipinski definition) is 5. The number of carbonyl (C=O) groups is 1. The summed E-state index contributed by atoms with van der Waals surface area (Å²) < 4.78 is 6.49. The number of ether oxygens (including phenoxy) is 1. The Bertz CT molecular complexity index is 798. The van der Waals surface area contributed by atoms with Crippen molar-refractivity contribution >= 4 is 39.9 Å². The molecule has 1 aromatic heterocycles. The second kappa shape index (κ2) is 6.74. The van der Waals surface area contributed by atoms with Crippen molar-refractivity contribution in [2.24, 2.45) is 16.0 Å². The topological polar surface area (TPSA) is 102 Å². The zero-order valence-electron chi connectivity index (χ0n) is 13.1. The van der Waals surface area contributed by atoms with Crippen molar-refractivity contribution in [2.75, 3.05) is 6.61 Å². The summed E-state index contributed by atoms with van der Waals surface area (Å²) >= 11 is 4.68. The van der Waals surface area contributed by atoms with Crippen LogP contribution in [0.25, 0.3) is 10.9 Å². The Kier molecular flexibility index (Phi) is 4.95. The third kappa shape index (κ3) is 3.31. The summed E-state index contributed by atoms with van der Waals surface area (Å²) in [4.78, 5) is 12.0. The fraction of sp³-hybridized carbons (Fsp3) is 0.333. The van der Waals surface area contributed by atoms with Gasteiger partial charge in [0.2, 0.25) is 11.0 Å². The average molecular weight is 334 g/mol. The van der Waals surface area contributed by atoms with Gasteiger partial charge in [-0.25, -0.2) is 4.79 Å². The molecule has 122 valence electrons. The summed E-state index contributed by atoms with van der Waals surface area (Å²) in [7, 11) is 0. The largest absolute Gasteiger partial charge is 0.493 e. The van der Waals surface area contributed by atoms with E-state index in [1.54, 1.807) is 19.9 Å². The summed E-state index contributed by atoms with van der Waals surface area (Å²) in [5, 5.41) is 18.6. The number of rotatable bonds is 4. The van der Waals surface area contributed by atoms with Crippen LogP contribution in [0.1, 0.15) is 25.5 Å². The number of thiocarbonyl (C=S) groups is 1. The molecule has 1 unspecified atom stereocenters. The van der Waals surface area contributed by atoms with Crippen molar-refractivity contribution < 1.29 is 14.6 Å². The lowest BCUT2D eigenvalue weighted by Gasteiger charge is -2.14. The van der Waals surface area contributed by atoms with Gasteiger partial charge in [0.05, 0.1) is 12.1 Å². The molecule has 1 aromatic carbocycles. The predicted octanol–water partition coefficient (Wildman–Crippen LogP) is 3.11. The molecule has 1 heterocycles. The first-order chi connectivity index (χ1) is 10.9. The van der Waals surface area contributed by atoms with Gasteiger partial charge in [-0.05, 0) is 45.1 Å². The Labute approximate surface area is 138 Å². The van der Waals surface area contributed by atoms with E-state index in [1.165, 1.54) is 4.57 Å². The van der Waals surface area contributed by atoms with Gasteiger partial charge >= 0.3 is 5.97 Å². The van der Waals surface area contributed by atoms with Crippen LogP contribution in [0.5, 0.6) is 5.88 Å². The van der Waals surface area contributed by atoms with E-state index in [1.807, 2.05) is 19.1 Å². The number of benzene rings is 1. The molecule has 0 radical (unpaired) electrons. The molecule has 0 spiro atoms. The summed E-state index contributed by atoms with van der Waals surface area (Å²) in [6, 6.07) is 4.82. The van der Waals surface area contributed by atoms with Crippen LogP contribution in [0.15, 0.2) is 28.4 Å². The van der Waals surface area contributed by atoms with Gasteiger partial charge in [-0.2, -0.15) is 0 Å². The molecular weight excluding hydrogens is 316 g/mol. The van der Waals surface area contributed by atoms with Crippen LogP contribution < -0.4 is 5.73 Å². The normalized spacial score (nSPS) is 12.7. The fourth-order valence-electron chi connectivity index (χ4n) is 2.36. The maximum Gasteiger partial charge on any atom is 0.328 e. The van der Waals surface area contributed by atoms with Crippen LogP contribution >= 0.6 is 12.2 Å². The van der Waals surface area contributed by atoms with E-state index >= 15 is 0 Å². The number of esters is 1. The van der Waals surface area contributed by atoms with Gasteiger partial charge in [-0.1, -0.05) is 11.6 Å². The predicted molar refractivity (Wildman–Crippen MR) is 91.0 cm³/mol. The number of nitrogens with two attached hydrogens (primary N) is 1. The summed E-state index contributed by atoms with van der Waals surface area (Å²) in [6.45, 7) is 5.54. The van der Waals surface area contributed by atoms with E-state index in [4.69, 9.17) is 10.5 Å². The lowest BCUT2D eigenvalue weighted by molar-refractivity contribution is -0.146. The van der Waals surface area contributed by atoms with Crippen molar-refractivity contribution in [3.63, 3.8) is 0 Å². The molecule has 23 heavy (non-hydrogen) atoms. The molecule has 0 fully saturated rings. The zero-order valence-corrected chi connectivity index (χ0v) is 13.9. The smallest absolute Gasteiger partial charge is 0.328 e. The molecular formula is C15H18N4O3S. The molecule has 0 saturated carbocycles. The summed E-state index contributed by atoms with van der Waals surface area (Å²) in [5.74, 6) is -0.635. The Morgan fingerprint density at radius 1 is 1.52 bits per heavy atom. The molecule has 0 aliphatic carbocycles. The highest BCUT2D eigenvalue weighted by molar-refractivity contribution is 7.80. The van der Waals surface area contributed by atoms with Crippen LogP contribution in [0, 0.1) is 6.92 Å². The first kappa shape index (κ1) is 16.9. The number of hydrogen-bond donors (Lipinski definition) is 2. The number of aromatic hydroxyl groups is 1. The van der Waals surface area contributed by atoms with Crippen LogP contribution in [0.4, 0.5) is 5.69 Å². The molecule has 8 heteroatoms. The maximum atomic E-state index is 12.0. The third-order valence-corrected chi connectivity index (χ3v) is 3.45. The third-order valence-electron chi connectivity index (χ3n) is 3.37. The van der Waals surface area contributed by atoms with Gasteiger partial charge in [-0.15, -0.1) is 10.2 Å². The Morgan fingerprint density at radius 3 is 2.83 bits per heavy atom. The highest BCUT2D eigenvalue weighted by Crippen LogP contribution is 2.41. The Morgan fingerprint density at radius 2 is 2.22 bits per heavy atom. The molecule has 1 atom stereocenters. The quantitative estimate of drug-likeness (QED) is 0.508. The molecule has 0 aliphatic heterocycles. The van der Waals surface area contributed by atoms with Crippen molar-refractivity contribution in [3.05, 3.63) is 23.8 Å². The molecule has 3 N–H and O–H groups in total. The van der Waals surface area contributed by atoms with E-state index < -0.39 is 12.0 Å². The number of azo groups is 1. The average Bonchev–Trinajstić information content (AvgIpc) is 2.75. The minimum absolute atomic E-state index is 0.142. The van der Waals surface area contributed by atoms with E-state index in [2.05, 4.69) is 22.4 Å². The van der Waals surface area contributed by atoms with Crippen LogP contribution in [0.3, 0.4) is 0 Å². The van der Waals surface area contributed by atoms with Crippen LogP contribution in [0.2, 0.25) is 0 Å². The first-order valence-corrected chi connectivity index (χ1v) is 7.49. The molecule has 2 aromatic rings. The van der Waals surface area contributed by atoms with Gasteiger partial charge < -0.3 is 15.6 Å². The van der Waals surface area contributed by atoms with Gasteiger partial charge in [0.15, 0.2) is 5.69 Å². The molecule has 2 rings (SSSR count). The van der Waals surface area contributed by atoms with E-state index in [0.717, 1.165) is 5.56 Å². The van der Waals surface area contributed by atoms with Gasteiger partial charge in [0, 0.05) is 5.39 Å². The van der Waals surface area contributed by atoms with E-state index in [9.17, 15) is 9.90 Å². The van der Waals surface area contributed by atoms with Gasteiger partial charge in [0.25, 0.3) is 0 Å². The number of nitrogens with zero attached hydrogens (tertiary/aromatic N) is 3. The second-order valence-corrected chi connectivity index (χ2v) is 5.45. The lowest BCUT2D eigenvalue weighted by atomic mass is 10.1. The summed E-state index contributed by atoms with van der Waals surface area (Å²) in [5.41, 5.74) is 7.16. The van der Waals surface area contributed by atoms with Gasteiger partial charge in [-0.3, -0.25) is 4.57 Å². The SMILES string of the molecule is CCOC(=O)C(C)n1c(O)c(N=NC(N)=S)c2cc(C)ccc21.